The number of carboxylic acids is 4. The highest BCUT2D eigenvalue weighted by atomic mass is 32.2. The molecule has 0 aromatic rings. The van der Waals surface area contributed by atoms with Gasteiger partial charge in [0.05, 0.1) is 5.41 Å². The Kier molecular flexibility index (Phi) is 15.4. The molecule has 0 aliphatic rings. The molecule has 0 bridgehead atoms. The second-order valence-corrected chi connectivity index (χ2v) is 9.57. The number of amides is 2. The van der Waals surface area contributed by atoms with Crippen LogP contribution in [0.1, 0.15) is 65.2 Å². The van der Waals surface area contributed by atoms with Gasteiger partial charge < -0.3 is 36.8 Å². The fourth-order valence-corrected chi connectivity index (χ4v) is 4.92. The number of hydrogen-bond acceptors (Lipinski definition) is 8. The Morgan fingerprint density at radius 1 is 0.917 bits per heavy atom. The van der Waals surface area contributed by atoms with Gasteiger partial charge in [0.25, 0.3) is 0 Å². The zero-order valence-corrected chi connectivity index (χ0v) is 21.3. The van der Waals surface area contributed by atoms with Crippen molar-refractivity contribution in [3.8, 4) is 0 Å². The van der Waals surface area contributed by atoms with E-state index in [1.54, 1.807) is 0 Å². The molecule has 0 fully saturated rings. The molecule has 0 saturated heterocycles. The third-order valence-electron chi connectivity index (χ3n) is 5.60. The molecule has 0 rings (SSSR count). The highest BCUT2D eigenvalue weighted by molar-refractivity contribution is 8.00. The number of rotatable bonds is 20. The van der Waals surface area contributed by atoms with Gasteiger partial charge in [-0.2, -0.15) is 0 Å². The lowest BCUT2D eigenvalue weighted by atomic mass is 9.75. The minimum Gasteiger partial charge on any atom is -0.481 e. The first-order valence-electron chi connectivity index (χ1n) is 11.7. The van der Waals surface area contributed by atoms with E-state index in [4.69, 9.17) is 15.9 Å². The molecule has 0 saturated carbocycles. The first-order chi connectivity index (χ1) is 16.8. The summed E-state index contributed by atoms with van der Waals surface area (Å²) >= 11 is 0.686. The van der Waals surface area contributed by atoms with Crippen LogP contribution in [0.4, 0.5) is 0 Å². The van der Waals surface area contributed by atoms with Crippen LogP contribution in [0.25, 0.3) is 0 Å². The molecule has 0 aliphatic carbocycles. The highest BCUT2D eigenvalue weighted by Crippen LogP contribution is 2.42. The van der Waals surface area contributed by atoms with Crippen LogP contribution in [0.3, 0.4) is 0 Å². The SMILES string of the molecule is CCCCC(CCCC)(C(=O)O)C(SC[C@H](NC(=O)CC[C@H](N)C(=O)O)C(=O)NCC(=O)O)C(=O)O. The van der Waals surface area contributed by atoms with Gasteiger partial charge in [-0.15, -0.1) is 11.8 Å². The van der Waals surface area contributed by atoms with Gasteiger partial charge in [-0.25, -0.2) is 0 Å². The summed E-state index contributed by atoms with van der Waals surface area (Å²) in [6, 6.07) is -2.71. The Morgan fingerprint density at radius 3 is 1.89 bits per heavy atom. The number of nitrogens with two attached hydrogens (primary N) is 1. The van der Waals surface area contributed by atoms with E-state index < -0.39 is 65.0 Å². The summed E-state index contributed by atoms with van der Waals surface area (Å²) in [5, 5.41) is 40.7. The second-order valence-electron chi connectivity index (χ2n) is 8.44. The van der Waals surface area contributed by atoms with E-state index in [0.717, 1.165) is 0 Å². The lowest BCUT2D eigenvalue weighted by Gasteiger charge is -2.35. The molecule has 8 N–H and O–H groups in total. The summed E-state index contributed by atoms with van der Waals surface area (Å²) < 4.78 is 0. The van der Waals surface area contributed by atoms with E-state index in [2.05, 4.69) is 10.6 Å². The van der Waals surface area contributed by atoms with Crippen LogP contribution in [0.2, 0.25) is 0 Å². The first kappa shape index (κ1) is 33.1. The van der Waals surface area contributed by atoms with Crippen molar-refractivity contribution in [2.75, 3.05) is 12.3 Å². The average molecular weight is 536 g/mol. The maximum absolute atomic E-state index is 12.6. The first-order valence-corrected chi connectivity index (χ1v) is 12.7. The molecule has 1 unspecified atom stereocenters. The molecule has 36 heavy (non-hydrogen) atoms. The van der Waals surface area contributed by atoms with Crippen LogP contribution < -0.4 is 16.4 Å². The molecule has 0 spiro atoms. The Hall–Kier alpha value is -2.87. The summed E-state index contributed by atoms with van der Waals surface area (Å²) in [7, 11) is 0. The molecule has 13 nitrogen and oxygen atoms in total. The largest absolute Gasteiger partial charge is 0.481 e. The maximum Gasteiger partial charge on any atom is 0.322 e. The van der Waals surface area contributed by atoms with E-state index in [-0.39, 0.29) is 31.4 Å². The predicted molar refractivity (Wildman–Crippen MR) is 130 cm³/mol. The Morgan fingerprint density at radius 2 is 1.47 bits per heavy atom. The molecular weight excluding hydrogens is 498 g/mol. The topological polar surface area (TPSA) is 233 Å². The lowest BCUT2D eigenvalue weighted by molar-refractivity contribution is -0.156. The van der Waals surface area contributed by atoms with Gasteiger partial charge >= 0.3 is 23.9 Å². The number of carboxylic acid groups (broad SMARTS) is 4. The lowest BCUT2D eigenvalue weighted by Crippen LogP contribution is -2.51. The van der Waals surface area contributed by atoms with E-state index in [1.807, 2.05) is 13.8 Å². The molecule has 2 amide bonds. The van der Waals surface area contributed by atoms with Crippen molar-refractivity contribution in [1.82, 2.24) is 10.6 Å². The highest BCUT2D eigenvalue weighted by Gasteiger charge is 2.49. The normalized spacial score (nSPS) is 13.8. The third-order valence-corrected chi connectivity index (χ3v) is 7.11. The van der Waals surface area contributed by atoms with Crippen molar-refractivity contribution in [3.05, 3.63) is 0 Å². The van der Waals surface area contributed by atoms with Gasteiger partial charge in [0, 0.05) is 12.2 Å². The number of hydrogen-bond donors (Lipinski definition) is 7. The molecule has 14 heteroatoms. The Labute approximate surface area is 213 Å². The Bertz CT molecular complexity index is 784. The van der Waals surface area contributed by atoms with E-state index in [9.17, 15) is 39.0 Å². The van der Waals surface area contributed by atoms with Crippen LogP contribution in [0.15, 0.2) is 0 Å². The fourth-order valence-electron chi connectivity index (χ4n) is 3.50. The van der Waals surface area contributed by atoms with Crippen LogP contribution >= 0.6 is 11.8 Å². The molecule has 0 aromatic carbocycles. The summed E-state index contributed by atoms with van der Waals surface area (Å²) in [6.45, 7) is 2.95. The molecule has 0 aromatic heterocycles. The van der Waals surface area contributed by atoms with Crippen LogP contribution in [0.5, 0.6) is 0 Å². The van der Waals surface area contributed by atoms with Crippen molar-refractivity contribution < 1.29 is 49.2 Å². The van der Waals surface area contributed by atoms with Crippen molar-refractivity contribution in [2.24, 2.45) is 11.1 Å². The second kappa shape index (κ2) is 16.7. The molecule has 206 valence electrons. The van der Waals surface area contributed by atoms with Gasteiger partial charge in [0.15, 0.2) is 0 Å². The molecule has 3 atom stereocenters. The van der Waals surface area contributed by atoms with E-state index in [1.165, 1.54) is 0 Å². The van der Waals surface area contributed by atoms with Crippen molar-refractivity contribution >= 4 is 47.5 Å². The van der Waals surface area contributed by atoms with Gasteiger partial charge in [0.1, 0.15) is 23.9 Å². The Balaban J connectivity index is 5.83. The molecule has 0 heterocycles. The zero-order chi connectivity index (χ0) is 27.9. The minimum atomic E-state index is -1.61. The van der Waals surface area contributed by atoms with Crippen LogP contribution in [0, 0.1) is 5.41 Å². The van der Waals surface area contributed by atoms with E-state index in [0.29, 0.717) is 37.4 Å². The maximum atomic E-state index is 12.6. The number of aliphatic carboxylic acids is 4. The molecule has 0 aliphatic heterocycles. The molecular formula is C22H37N3O10S. The minimum absolute atomic E-state index is 0.109. The number of unbranched alkanes of at least 4 members (excludes halogenated alkanes) is 2. The monoisotopic (exact) mass is 535 g/mol. The summed E-state index contributed by atoms with van der Waals surface area (Å²) in [5.74, 6) is -7.32. The number of carbonyl (C=O) groups is 6. The van der Waals surface area contributed by atoms with Gasteiger partial charge in [0.2, 0.25) is 11.8 Å². The van der Waals surface area contributed by atoms with Gasteiger partial charge in [-0.1, -0.05) is 39.5 Å². The summed E-state index contributed by atoms with van der Waals surface area (Å²) in [6.07, 6.45) is 1.88. The van der Waals surface area contributed by atoms with Gasteiger partial charge in [-0.05, 0) is 19.3 Å². The number of nitrogens with one attached hydrogen (secondary N) is 2. The predicted octanol–water partition coefficient (Wildman–Crippen LogP) is 0.502. The van der Waals surface area contributed by atoms with E-state index >= 15 is 0 Å². The van der Waals surface area contributed by atoms with Crippen molar-refractivity contribution in [3.63, 3.8) is 0 Å². The summed E-state index contributed by atoms with van der Waals surface area (Å²) in [4.78, 5) is 71.1. The number of thioether (sulfide) groups is 1. The van der Waals surface area contributed by atoms with Gasteiger partial charge in [-0.3, -0.25) is 28.8 Å². The quantitative estimate of drug-likeness (QED) is 0.113. The standard InChI is InChI=1S/C22H37N3O10S/c1-3-5-9-22(21(34)35,10-6-4-2)17(20(32)33)36-12-14(18(29)24-11-16(27)28)25-15(26)8-7-13(23)19(30)31/h13-14,17H,3-12,23H2,1-2H3,(H,24,29)(H,25,26)(H,27,28)(H,30,31)(H,32,33)(H,34,35)/t13-,14-,17?/m0/s1. The summed E-state index contributed by atoms with van der Waals surface area (Å²) in [5.41, 5.74) is 3.77. The number of carbonyl (C=O) groups excluding carboxylic acids is 2. The smallest absolute Gasteiger partial charge is 0.322 e. The van der Waals surface area contributed by atoms with Crippen molar-refractivity contribution in [1.29, 1.82) is 0 Å². The average Bonchev–Trinajstić information content (AvgIpc) is 2.80. The van der Waals surface area contributed by atoms with Crippen molar-refractivity contribution in [2.45, 2.75) is 82.5 Å². The van der Waals surface area contributed by atoms with Crippen LogP contribution in [-0.2, 0) is 28.8 Å². The zero-order valence-electron chi connectivity index (χ0n) is 20.5. The van der Waals surface area contributed by atoms with Crippen LogP contribution in [-0.4, -0.2) is 85.7 Å². The third kappa shape index (κ3) is 11.2. The molecule has 0 radical (unpaired) electrons. The fraction of sp³-hybridized carbons (Fsp3) is 0.727.